The third kappa shape index (κ3) is 2.83. The summed E-state index contributed by atoms with van der Waals surface area (Å²) in [6, 6.07) is 3.96. The first-order valence-electron chi connectivity index (χ1n) is 6.57. The lowest BCUT2D eigenvalue weighted by Crippen LogP contribution is -2.36. The molecule has 6 nitrogen and oxygen atoms in total. The number of rotatable bonds is 5. The van der Waals surface area contributed by atoms with Crippen LogP contribution in [0.3, 0.4) is 0 Å². The summed E-state index contributed by atoms with van der Waals surface area (Å²) in [6.45, 7) is 4.51. The second kappa shape index (κ2) is 5.93. The maximum absolute atomic E-state index is 12.1. The summed E-state index contributed by atoms with van der Waals surface area (Å²) in [5, 5.41) is 11.5. The number of carbonyl (C=O) groups is 2. The zero-order valence-electron chi connectivity index (χ0n) is 11.7. The second-order valence-corrected chi connectivity index (χ2v) is 6.01. The average molecular weight is 355 g/mol. The molecular formula is C14H15BrN2O4. The number of amides is 1. The zero-order chi connectivity index (χ0) is 15.7. The summed E-state index contributed by atoms with van der Waals surface area (Å²) in [6.07, 6.45) is 0. The van der Waals surface area contributed by atoms with Gasteiger partial charge in [-0.15, -0.1) is 0 Å². The van der Waals surface area contributed by atoms with Gasteiger partial charge >= 0.3 is 0 Å². The van der Waals surface area contributed by atoms with Crippen LogP contribution in [0.1, 0.15) is 24.2 Å². The van der Waals surface area contributed by atoms with E-state index >= 15 is 0 Å². The van der Waals surface area contributed by atoms with Crippen LogP contribution >= 0.6 is 15.9 Å². The molecule has 1 aromatic carbocycles. The summed E-state index contributed by atoms with van der Waals surface area (Å²) in [5.74, 6) is -0.750. The number of non-ortho nitro benzene ring substituents is 1. The van der Waals surface area contributed by atoms with E-state index < -0.39 is 16.6 Å². The van der Waals surface area contributed by atoms with Gasteiger partial charge in [-0.25, -0.2) is 0 Å². The molecule has 1 unspecified atom stereocenters. The van der Waals surface area contributed by atoms with E-state index in [1.165, 1.54) is 23.1 Å². The van der Waals surface area contributed by atoms with E-state index in [4.69, 9.17) is 0 Å². The van der Waals surface area contributed by atoms with Gasteiger partial charge in [-0.2, -0.15) is 0 Å². The number of nitro benzene ring substituents is 1. The molecule has 0 fully saturated rings. The van der Waals surface area contributed by atoms with E-state index in [1.54, 1.807) is 0 Å². The van der Waals surface area contributed by atoms with Crippen molar-refractivity contribution in [2.24, 2.45) is 11.8 Å². The highest BCUT2D eigenvalue weighted by Gasteiger charge is 2.38. The van der Waals surface area contributed by atoms with Gasteiger partial charge in [0.1, 0.15) is 0 Å². The van der Waals surface area contributed by atoms with Gasteiger partial charge < -0.3 is 4.90 Å². The van der Waals surface area contributed by atoms with Gasteiger partial charge in [-0.1, -0.05) is 29.8 Å². The second-order valence-electron chi connectivity index (χ2n) is 5.36. The molecule has 0 aliphatic carbocycles. The number of hydrogen-bond acceptors (Lipinski definition) is 4. The van der Waals surface area contributed by atoms with Gasteiger partial charge in [0.05, 0.1) is 16.2 Å². The number of fused-ring (bicyclic) bond motifs is 1. The topological polar surface area (TPSA) is 80.5 Å². The van der Waals surface area contributed by atoms with E-state index in [2.05, 4.69) is 15.9 Å². The van der Waals surface area contributed by atoms with Crippen LogP contribution < -0.4 is 4.90 Å². The first kappa shape index (κ1) is 15.6. The van der Waals surface area contributed by atoms with Crippen molar-refractivity contribution >= 4 is 39.0 Å². The molecule has 2 rings (SSSR count). The lowest BCUT2D eigenvalue weighted by Gasteiger charge is -2.25. The summed E-state index contributed by atoms with van der Waals surface area (Å²) in [5.41, 5.74) is 0.395. The minimum Gasteiger partial charge on any atom is -0.304 e. The fourth-order valence-electron chi connectivity index (χ4n) is 2.26. The Morgan fingerprint density at radius 3 is 2.52 bits per heavy atom. The molecule has 112 valence electrons. The fourth-order valence-corrected chi connectivity index (χ4v) is 3.21. The van der Waals surface area contributed by atoms with Gasteiger partial charge in [0.15, 0.2) is 0 Å². The number of benzene rings is 1. The number of nitrogens with zero attached hydrogens (tertiary/aromatic N) is 2. The molecule has 0 saturated carbocycles. The van der Waals surface area contributed by atoms with Crippen LogP contribution in [0.2, 0.25) is 0 Å². The molecule has 0 saturated heterocycles. The molecule has 0 bridgehead atoms. The maximum Gasteiger partial charge on any atom is 0.299 e. The summed E-state index contributed by atoms with van der Waals surface area (Å²) in [7, 11) is 0. The Balaban J connectivity index is 2.38. The van der Waals surface area contributed by atoms with E-state index in [1.807, 2.05) is 13.8 Å². The number of ketones is 1. The number of anilines is 1. The van der Waals surface area contributed by atoms with E-state index in [-0.39, 0.29) is 17.2 Å². The van der Waals surface area contributed by atoms with E-state index in [0.717, 1.165) is 0 Å². The standard InChI is InChI=1S/C14H15BrN2O4/c1-8(2)9(6-15)7-16-12-4-3-10(17(20)21)5-11(12)13(18)14(16)19/h3-5,8-9H,6-7H2,1-2H3. The van der Waals surface area contributed by atoms with Crippen LogP contribution in [0, 0.1) is 22.0 Å². The predicted molar refractivity (Wildman–Crippen MR) is 81.9 cm³/mol. The van der Waals surface area contributed by atoms with Crippen molar-refractivity contribution in [2.75, 3.05) is 16.8 Å². The summed E-state index contributed by atoms with van der Waals surface area (Å²) < 4.78 is 0. The number of alkyl halides is 1. The number of halogens is 1. The minimum absolute atomic E-state index is 0.117. The molecule has 0 radical (unpaired) electrons. The lowest BCUT2D eigenvalue weighted by atomic mass is 9.97. The number of nitro groups is 1. The molecular weight excluding hydrogens is 340 g/mol. The van der Waals surface area contributed by atoms with E-state index in [9.17, 15) is 19.7 Å². The number of hydrogen-bond donors (Lipinski definition) is 0. The van der Waals surface area contributed by atoms with E-state index in [0.29, 0.717) is 23.5 Å². The summed E-state index contributed by atoms with van der Waals surface area (Å²) in [4.78, 5) is 35.7. The molecule has 0 spiro atoms. The molecule has 1 heterocycles. The van der Waals surface area contributed by atoms with Crippen LogP contribution in [0.25, 0.3) is 0 Å². The van der Waals surface area contributed by atoms with Gasteiger partial charge in [0.25, 0.3) is 17.4 Å². The minimum atomic E-state index is -0.675. The number of Topliss-reactive ketones (excluding diaryl/α,β-unsaturated/α-hetero) is 1. The summed E-state index contributed by atoms with van der Waals surface area (Å²) >= 11 is 3.42. The molecule has 21 heavy (non-hydrogen) atoms. The predicted octanol–water partition coefficient (Wildman–Crippen LogP) is 2.79. The smallest absolute Gasteiger partial charge is 0.299 e. The van der Waals surface area contributed by atoms with Crippen molar-refractivity contribution in [2.45, 2.75) is 13.8 Å². The quantitative estimate of drug-likeness (QED) is 0.352. The Hall–Kier alpha value is -1.76. The van der Waals surface area contributed by atoms with Gasteiger partial charge in [0, 0.05) is 24.0 Å². The van der Waals surface area contributed by atoms with Crippen LogP contribution in [0.5, 0.6) is 0 Å². The van der Waals surface area contributed by atoms with Crippen molar-refractivity contribution in [3.05, 3.63) is 33.9 Å². The van der Waals surface area contributed by atoms with Crippen LogP contribution in [0.15, 0.2) is 18.2 Å². The lowest BCUT2D eigenvalue weighted by molar-refractivity contribution is -0.384. The van der Waals surface area contributed by atoms with Crippen molar-refractivity contribution < 1.29 is 14.5 Å². The highest BCUT2D eigenvalue weighted by Crippen LogP contribution is 2.33. The maximum atomic E-state index is 12.1. The van der Waals surface area contributed by atoms with Crippen LogP contribution in [-0.4, -0.2) is 28.5 Å². The highest BCUT2D eigenvalue weighted by atomic mass is 79.9. The number of carbonyl (C=O) groups excluding carboxylic acids is 2. The molecule has 1 aliphatic heterocycles. The van der Waals surface area contributed by atoms with Gasteiger partial charge in [0.2, 0.25) is 0 Å². The molecule has 1 aliphatic rings. The van der Waals surface area contributed by atoms with Gasteiger partial charge in [-0.05, 0) is 17.9 Å². The first-order chi connectivity index (χ1) is 9.86. The molecule has 1 atom stereocenters. The van der Waals surface area contributed by atoms with Crippen LogP contribution in [-0.2, 0) is 4.79 Å². The first-order valence-corrected chi connectivity index (χ1v) is 7.69. The van der Waals surface area contributed by atoms with Crippen molar-refractivity contribution in [1.82, 2.24) is 0 Å². The Bertz CT molecular complexity index is 615. The Kier molecular flexibility index (Phi) is 4.41. The zero-order valence-corrected chi connectivity index (χ0v) is 13.3. The third-order valence-corrected chi connectivity index (χ3v) is 4.56. The Labute approximate surface area is 130 Å². The largest absolute Gasteiger partial charge is 0.304 e. The fraction of sp³-hybridized carbons (Fsp3) is 0.429. The Morgan fingerprint density at radius 2 is 2.00 bits per heavy atom. The SMILES string of the molecule is CC(C)C(CBr)CN1C(=O)C(=O)c2cc([N+](=O)[O-])ccc21. The van der Waals surface area contributed by atoms with Crippen molar-refractivity contribution in [1.29, 1.82) is 0 Å². The molecule has 1 amide bonds. The monoisotopic (exact) mass is 354 g/mol. The molecule has 1 aromatic rings. The normalized spacial score (nSPS) is 15.5. The van der Waals surface area contributed by atoms with Crippen LogP contribution in [0.4, 0.5) is 11.4 Å². The van der Waals surface area contributed by atoms with Gasteiger partial charge in [-0.3, -0.25) is 19.7 Å². The molecule has 0 N–H and O–H groups in total. The average Bonchev–Trinajstić information content (AvgIpc) is 2.68. The third-order valence-electron chi connectivity index (χ3n) is 3.72. The van der Waals surface area contributed by atoms with Crippen molar-refractivity contribution in [3.8, 4) is 0 Å². The molecule has 0 aromatic heterocycles. The highest BCUT2D eigenvalue weighted by molar-refractivity contribution is 9.09. The molecule has 7 heteroatoms. The van der Waals surface area contributed by atoms with Crippen molar-refractivity contribution in [3.63, 3.8) is 0 Å². The Morgan fingerprint density at radius 1 is 1.33 bits per heavy atom.